The molecule has 1 aliphatic rings. The molecule has 1 saturated carbocycles. The van der Waals surface area contributed by atoms with Crippen molar-refractivity contribution in [2.24, 2.45) is 0 Å². The lowest BCUT2D eigenvalue weighted by molar-refractivity contribution is 0.153. The highest BCUT2D eigenvalue weighted by atomic mass is 79.9. The third-order valence-corrected chi connectivity index (χ3v) is 3.73. The predicted molar refractivity (Wildman–Crippen MR) is 74.4 cm³/mol. The largest absolute Gasteiger partial charge is 0.490 e. The number of rotatable bonds is 4. The maximum Gasteiger partial charge on any atom is 0.124 e. The van der Waals surface area contributed by atoms with Gasteiger partial charge in [0.2, 0.25) is 0 Å². The predicted octanol–water partition coefficient (Wildman–Crippen LogP) is 3.88. The van der Waals surface area contributed by atoms with Crippen LogP contribution in [0.15, 0.2) is 22.7 Å². The van der Waals surface area contributed by atoms with Gasteiger partial charge in [0.1, 0.15) is 5.75 Å². The summed E-state index contributed by atoms with van der Waals surface area (Å²) in [5, 5.41) is 3.19. The van der Waals surface area contributed by atoms with E-state index in [1.807, 2.05) is 7.05 Å². The second-order valence-electron chi connectivity index (χ2n) is 4.66. The molecule has 0 amide bonds. The molecule has 0 saturated heterocycles. The first-order valence-corrected chi connectivity index (χ1v) is 7.18. The van der Waals surface area contributed by atoms with Crippen LogP contribution < -0.4 is 10.1 Å². The van der Waals surface area contributed by atoms with Gasteiger partial charge in [-0.2, -0.15) is 0 Å². The average Bonchev–Trinajstić information content (AvgIpc) is 2.34. The average molecular weight is 298 g/mol. The van der Waals surface area contributed by atoms with Crippen molar-refractivity contribution < 1.29 is 4.74 Å². The normalized spacial score (nSPS) is 17.1. The van der Waals surface area contributed by atoms with Gasteiger partial charge in [0, 0.05) is 16.6 Å². The summed E-state index contributed by atoms with van der Waals surface area (Å²) in [5.74, 6) is 1.04. The Labute approximate surface area is 112 Å². The lowest BCUT2D eigenvalue weighted by Crippen LogP contribution is -2.20. The topological polar surface area (TPSA) is 21.3 Å². The van der Waals surface area contributed by atoms with E-state index in [0.717, 1.165) is 16.8 Å². The van der Waals surface area contributed by atoms with Crippen molar-refractivity contribution in [3.63, 3.8) is 0 Å². The van der Waals surface area contributed by atoms with E-state index in [-0.39, 0.29) is 0 Å². The van der Waals surface area contributed by atoms with Gasteiger partial charge in [-0.05, 0) is 50.9 Å². The third kappa shape index (κ3) is 3.71. The fourth-order valence-electron chi connectivity index (χ4n) is 2.35. The molecule has 1 N–H and O–H groups in total. The van der Waals surface area contributed by atoms with Crippen molar-refractivity contribution in [3.05, 3.63) is 28.2 Å². The van der Waals surface area contributed by atoms with Gasteiger partial charge in [0.05, 0.1) is 6.10 Å². The van der Waals surface area contributed by atoms with Gasteiger partial charge in [-0.3, -0.25) is 0 Å². The molecule has 1 aliphatic carbocycles. The Bertz CT molecular complexity index is 361. The van der Waals surface area contributed by atoms with Gasteiger partial charge in [-0.15, -0.1) is 0 Å². The highest BCUT2D eigenvalue weighted by Crippen LogP contribution is 2.28. The minimum Gasteiger partial charge on any atom is -0.490 e. The van der Waals surface area contributed by atoms with Gasteiger partial charge < -0.3 is 10.1 Å². The molecule has 1 fully saturated rings. The number of benzene rings is 1. The van der Waals surface area contributed by atoms with Crippen LogP contribution in [0.4, 0.5) is 0 Å². The second kappa shape index (κ2) is 6.41. The quantitative estimate of drug-likeness (QED) is 0.911. The Balaban J connectivity index is 2.07. The molecular weight excluding hydrogens is 278 g/mol. The molecule has 0 aliphatic heterocycles. The number of nitrogens with one attached hydrogen (secondary N) is 1. The summed E-state index contributed by atoms with van der Waals surface area (Å²) in [5.41, 5.74) is 1.23. The molecule has 17 heavy (non-hydrogen) atoms. The molecule has 3 heteroatoms. The van der Waals surface area contributed by atoms with Crippen LogP contribution in [-0.4, -0.2) is 13.2 Å². The van der Waals surface area contributed by atoms with Crippen LogP contribution in [0.3, 0.4) is 0 Å². The summed E-state index contributed by atoms with van der Waals surface area (Å²) in [6.07, 6.45) is 6.80. The lowest BCUT2D eigenvalue weighted by Gasteiger charge is -2.24. The van der Waals surface area contributed by atoms with Crippen molar-refractivity contribution in [2.45, 2.75) is 44.8 Å². The standard InChI is InChI=1S/C14H20BrNO/c1-16-10-11-9-12(15)7-8-14(11)17-13-5-3-2-4-6-13/h7-9,13,16H,2-6,10H2,1H3. The molecule has 2 rings (SSSR count). The number of ether oxygens (including phenoxy) is 1. The lowest BCUT2D eigenvalue weighted by atomic mass is 9.97. The Morgan fingerprint density at radius 1 is 1.29 bits per heavy atom. The van der Waals surface area contributed by atoms with E-state index in [9.17, 15) is 0 Å². The maximum atomic E-state index is 6.13. The first kappa shape index (κ1) is 12.9. The first-order valence-electron chi connectivity index (χ1n) is 6.39. The Hall–Kier alpha value is -0.540. The van der Waals surface area contributed by atoms with Crippen LogP contribution in [-0.2, 0) is 6.54 Å². The van der Waals surface area contributed by atoms with Crippen LogP contribution in [0.25, 0.3) is 0 Å². The van der Waals surface area contributed by atoms with Gasteiger partial charge in [0.15, 0.2) is 0 Å². The number of hydrogen-bond acceptors (Lipinski definition) is 2. The Kier molecular flexibility index (Phi) is 4.86. The van der Waals surface area contributed by atoms with Crippen LogP contribution in [0.1, 0.15) is 37.7 Å². The van der Waals surface area contributed by atoms with E-state index in [1.54, 1.807) is 0 Å². The molecule has 1 aromatic rings. The molecule has 0 unspecified atom stereocenters. The zero-order valence-corrected chi connectivity index (χ0v) is 11.9. The van der Waals surface area contributed by atoms with Crippen LogP contribution in [0.5, 0.6) is 5.75 Å². The molecule has 0 spiro atoms. The summed E-state index contributed by atoms with van der Waals surface area (Å²) in [6.45, 7) is 0.849. The summed E-state index contributed by atoms with van der Waals surface area (Å²) in [4.78, 5) is 0. The van der Waals surface area contributed by atoms with Crippen molar-refractivity contribution in [2.75, 3.05) is 7.05 Å². The van der Waals surface area contributed by atoms with Gasteiger partial charge in [-0.1, -0.05) is 22.4 Å². The molecule has 2 nitrogen and oxygen atoms in total. The zero-order chi connectivity index (χ0) is 12.1. The minimum absolute atomic E-state index is 0.417. The Morgan fingerprint density at radius 3 is 2.76 bits per heavy atom. The van der Waals surface area contributed by atoms with Crippen LogP contribution in [0.2, 0.25) is 0 Å². The molecule has 0 aromatic heterocycles. The van der Waals surface area contributed by atoms with Crippen molar-refractivity contribution in [1.29, 1.82) is 0 Å². The van der Waals surface area contributed by atoms with Gasteiger partial charge in [0.25, 0.3) is 0 Å². The van der Waals surface area contributed by atoms with Crippen molar-refractivity contribution >= 4 is 15.9 Å². The highest BCUT2D eigenvalue weighted by Gasteiger charge is 2.16. The van der Waals surface area contributed by atoms with Crippen LogP contribution >= 0.6 is 15.9 Å². The van der Waals surface area contributed by atoms with E-state index in [0.29, 0.717) is 6.10 Å². The molecule has 0 atom stereocenters. The number of halogens is 1. The molecule has 94 valence electrons. The molecule has 0 radical (unpaired) electrons. The van der Waals surface area contributed by atoms with Crippen molar-refractivity contribution in [3.8, 4) is 5.75 Å². The summed E-state index contributed by atoms with van der Waals surface area (Å²) < 4.78 is 7.24. The molecular formula is C14H20BrNO. The van der Waals surface area contributed by atoms with E-state index < -0.39 is 0 Å². The molecule has 1 aromatic carbocycles. The van der Waals surface area contributed by atoms with Gasteiger partial charge in [-0.25, -0.2) is 0 Å². The Morgan fingerprint density at radius 2 is 2.06 bits per heavy atom. The fourth-order valence-corrected chi connectivity index (χ4v) is 2.76. The summed E-state index contributed by atoms with van der Waals surface area (Å²) >= 11 is 3.51. The first-order chi connectivity index (χ1) is 8.29. The van der Waals surface area contributed by atoms with Crippen LogP contribution in [0, 0.1) is 0 Å². The fraction of sp³-hybridized carbons (Fsp3) is 0.571. The van der Waals surface area contributed by atoms with E-state index >= 15 is 0 Å². The van der Waals surface area contributed by atoms with E-state index in [1.165, 1.54) is 37.7 Å². The van der Waals surface area contributed by atoms with Gasteiger partial charge >= 0.3 is 0 Å². The van der Waals surface area contributed by atoms with E-state index in [4.69, 9.17) is 4.74 Å². The highest BCUT2D eigenvalue weighted by molar-refractivity contribution is 9.10. The smallest absolute Gasteiger partial charge is 0.124 e. The third-order valence-electron chi connectivity index (χ3n) is 3.24. The zero-order valence-electron chi connectivity index (χ0n) is 10.3. The van der Waals surface area contributed by atoms with Crippen molar-refractivity contribution in [1.82, 2.24) is 5.32 Å². The molecule has 0 bridgehead atoms. The maximum absolute atomic E-state index is 6.13. The molecule has 0 heterocycles. The van der Waals surface area contributed by atoms with E-state index in [2.05, 4.69) is 39.4 Å². The summed E-state index contributed by atoms with van der Waals surface area (Å²) in [7, 11) is 1.96. The second-order valence-corrected chi connectivity index (χ2v) is 5.58. The minimum atomic E-state index is 0.417. The SMILES string of the molecule is CNCc1cc(Br)ccc1OC1CCCCC1. The summed E-state index contributed by atoms with van der Waals surface area (Å²) in [6, 6.07) is 6.26. The monoisotopic (exact) mass is 297 g/mol. The number of hydrogen-bond donors (Lipinski definition) is 1.